The maximum Gasteiger partial charge on any atom is 0.339 e. The van der Waals surface area contributed by atoms with Crippen molar-refractivity contribution in [3.63, 3.8) is 0 Å². The van der Waals surface area contributed by atoms with Gasteiger partial charge in [0.05, 0.1) is 11.8 Å². The molecule has 0 radical (unpaired) electrons. The first-order valence-corrected chi connectivity index (χ1v) is 6.45. The average Bonchev–Trinajstić information content (AvgIpc) is 2.13. The van der Waals surface area contributed by atoms with Crippen molar-refractivity contribution in [2.45, 2.75) is 6.92 Å². The number of aromatic carboxylic acids is 2. The Morgan fingerprint density at radius 1 is 1.17 bits per heavy atom. The van der Waals surface area contributed by atoms with Gasteiger partial charge in [0.25, 0.3) is 0 Å². The molecule has 0 heterocycles. The van der Waals surface area contributed by atoms with Gasteiger partial charge >= 0.3 is 22.1 Å². The second-order valence-corrected chi connectivity index (χ2v) is 5.08. The average molecular weight is 274 g/mol. The van der Waals surface area contributed by atoms with Gasteiger partial charge < -0.3 is 14.4 Å². The van der Waals surface area contributed by atoms with Gasteiger partial charge in [-0.3, -0.25) is 0 Å². The summed E-state index contributed by atoms with van der Waals surface area (Å²) in [6.07, 6.45) is 0.763. The highest BCUT2D eigenvalue weighted by atomic mass is 32.2. The highest BCUT2D eigenvalue weighted by Gasteiger charge is 2.22. The molecule has 0 aliphatic carbocycles. The van der Waals surface area contributed by atoms with Gasteiger partial charge in [-0.2, -0.15) is 8.42 Å². The third-order valence-electron chi connectivity index (χ3n) is 2.11. The van der Waals surface area contributed by atoms with Crippen LogP contribution in [0.2, 0.25) is 0 Å². The standard InChI is InChI=1S/C10H10O7S/c1-5-6(9(11)12)3-4-7(8(5)10(13)14)17-18(2,15)16/h3-4H,1-2H3,(H,11,12)(H,13,14). The molecule has 18 heavy (non-hydrogen) atoms. The summed E-state index contributed by atoms with van der Waals surface area (Å²) in [7, 11) is -3.89. The lowest BCUT2D eigenvalue weighted by Gasteiger charge is -2.10. The Kier molecular flexibility index (Phi) is 3.61. The van der Waals surface area contributed by atoms with Gasteiger partial charge in [-0.15, -0.1) is 0 Å². The summed E-state index contributed by atoms with van der Waals surface area (Å²) >= 11 is 0. The van der Waals surface area contributed by atoms with Crippen LogP contribution in [0.1, 0.15) is 26.3 Å². The van der Waals surface area contributed by atoms with Gasteiger partial charge in [-0.1, -0.05) is 0 Å². The van der Waals surface area contributed by atoms with Crippen molar-refractivity contribution in [1.82, 2.24) is 0 Å². The minimum absolute atomic E-state index is 0.0730. The van der Waals surface area contributed by atoms with E-state index in [9.17, 15) is 18.0 Å². The van der Waals surface area contributed by atoms with Gasteiger partial charge in [-0.25, -0.2) is 9.59 Å². The molecule has 2 N–H and O–H groups in total. The molecule has 0 atom stereocenters. The van der Waals surface area contributed by atoms with Gasteiger partial charge in [0.15, 0.2) is 5.75 Å². The molecule has 7 nitrogen and oxygen atoms in total. The topological polar surface area (TPSA) is 118 Å². The number of benzene rings is 1. The van der Waals surface area contributed by atoms with Crippen molar-refractivity contribution in [2.24, 2.45) is 0 Å². The van der Waals surface area contributed by atoms with E-state index in [1.807, 2.05) is 0 Å². The monoisotopic (exact) mass is 274 g/mol. The molecule has 8 heteroatoms. The number of carbonyl (C=O) groups is 2. The first-order valence-electron chi connectivity index (χ1n) is 4.63. The fraction of sp³-hybridized carbons (Fsp3) is 0.200. The van der Waals surface area contributed by atoms with E-state index < -0.39 is 33.4 Å². The molecule has 0 unspecified atom stereocenters. The fourth-order valence-corrected chi connectivity index (χ4v) is 1.88. The zero-order valence-electron chi connectivity index (χ0n) is 9.50. The molecule has 0 spiro atoms. The van der Waals surface area contributed by atoms with Crippen LogP contribution in [0.3, 0.4) is 0 Å². The van der Waals surface area contributed by atoms with Gasteiger partial charge in [0, 0.05) is 0 Å². The lowest BCUT2D eigenvalue weighted by atomic mass is 10.0. The summed E-state index contributed by atoms with van der Waals surface area (Å²) in [6.45, 7) is 1.27. The van der Waals surface area contributed by atoms with Crippen molar-refractivity contribution in [2.75, 3.05) is 6.26 Å². The minimum atomic E-state index is -3.89. The molecule has 0 aliphatic rings. The normalized spacial score (nSPS) is 11.0. The molecule has 0 aromatic heterocycles. The highest BCUT2D eigenvalue weighted by molar-refractivity contribution is 7.86. The maximum atomic E-state index is 11.0. The number of hydrogen-bond acceptors (Lipinski definition) is 5. The Bertz CT molecular complexity index is 615. The van der Waals surface area contributed by atoms with Crippen molar-refractivity contribution in [1.29, 1.82) is 0 Å². The maximum absolute atomic E-state index is 11.0. The number of carboxylic acid groups (broad SMARTS) is 2. The summed E-state index contributed by atoms with van der Waals surface area (Å²) in [4.78, 5) is 21.9. The lowest BCUT2D eigenvalue weighted by molar-refractivity contribution is 0.0694. The van der Waals surface area contributed by atoms with E-state index in [4.69, 9.17) is 10.2 Å². The Morgan fingerprint density at radius 3 is 2.11 bits per heavy atom. The fourth-order valence-electron chi connectivity index (χ4n) is 1.42. The van der Waals surface area contributed by atoms with Crippen LogP contribution in [0.4, 0.5) is 0 Å². The molecule has 0 bridgehead atoms. The summed E-state index contributed by atoms with van der Waals surface area (Å²) < 4.78 is 26.5. The largest absolute Gasteiger partial charge is 0.478 e. The van der Waals surface area contributed by atoms with Crippen LogP contribution in [-0.4, -0.2) is 36.8 Å². The van der Waals surface area contributed by atoms with Gasteiger partial charge in [0.1, 0.15) is 5.56 Å². The van der Waals surface area contributed by atoms with E-state index >= 15 is 0 Å². The van der Waals surface area contributed by atoms with E-state index in [-0.39, 0.29) is 11.1 Å². The summed E-state index contributed by atoms with van der Waals surface area (Å²) in [5.41, 5.74) is -0.787. The summed E-state index contributed by atoms with van der Waals surface area (Å²) in [5, 5.41) is 17.8. The summed E-state index contributed by atoms with van der Waals surface area (Å²) in [5.74, 6) is -3.18. The third-order valence-corrected chi connectivity index (χ3v) is 2.59. The first-order chi connectivity index (χ1) is 8.13. The first kappa shape index (κ1) is 14.0. The second kappa shape index (κ2) is 4.65. The highest BCUT2D eigenvalue weighted by Crippen LogP contribution is 2.26. The quantitative estimate of drug-likeness (QED) is 0.777. The van der Waals surface area contributed by atoms with Crippen LogP contribution >= 0.6 is 0 Å². The lowest BCUT2D eigenvalue weighted by Crippen LogP contribution is -2.13. The number of carboxylic acids is 2. The smallest absolute Gasteiger partial charge is 0.339 e. The molecular weight excluding hydrogens is 264 g/mol. The molecule has 0 amide bonds. The van der Waals surface area contributed by atoms with Crippen molar-refractivity contribution in [3.05, 3.63) is 28.8 Å². The molecule has 98 valence electrons. The molecule has 1 rings (SSSR count). The number of rotatable bonds is 4. The predicted octanol–water partition coefficient (Wildman–Crippen LogP) is 0.730. The van der Waals surface area contributed by atoms with Crippen LogP contribution in [0, 0.1) is 6.92 Å². The molecule has 1 aromatic carbocycles. The Labute approximate surface area is 103 Å². The van der Waals surface area contributed by atoms with Crippen LogP contribution in [0.15, 0.2) is 12.1 Å². The van der Waals surface area contributed by atoms with E-state index in [1.165, 1.54) is 6.92 Å². The van der Waals surface area contributed by atoms with Crippen molar-refractivity contribution < 1.29 is 32.4 Å². The predicted molar refractivity (Wildman–Crippen MR) is 60.6 cm³/mol. The molecule has 0 aliphatic heterocycles. The third kappa shape index (κ3) is 2.98. The van der Waals surface area contributed by atoms with Gasteiger partial charge in [-0.05, 0) is 24.6 Å². The van der Waals surface area contributed by atoms with Gasteiger partial charge in [0.2, 0.25) is 0 Å². The molecule has 0 fully saturated rings. The Hall–Kier alpha value is -2.09. The molecular formula is C10H10O7S. The van der Waals surface area contributed by atoms with Crippen LogP contribution in [0.5, 0.6) is 5.75 Å². The van der Waals surface area contributed by atoms with Crippen LogP contribution < -0.4 is 4.18 Å². The minimum Gasteiger partial charge on any atom is -0.478 e. The van der Waals surface area contributed by atoms with Crippen LogP contribution in [-0.2, 0) is 10.1 Å². The summed E-state index contributed by atoms with van der Waals surface area (Å²) in [6, 6.07) is 2.09. The number of hydrogen-bond donors (Lipinski definition) is 2. The molecule has 0 saturated heterocycles. The Morgan fingerprint density at radius 2 is 1.72 bits per heavy atom. The molecule has 0 saturated carbocycles. The van der Waals surface area contributed by atoms with Crippen LogP contribution in [0.25, 0.3) is 0 Å². The van der Waals surface area contributed by atoms with E-state index in [0.29, 0.717) is 0 Å². The zero-order chi connectivity index (χ0) is 14.1. The second-order valence-electron chi connectivity index (χ2n) is 3.51. The SMILES string of the molecule is Cc1c(C(=O)O)ccc(OS(C)(=O)=O)c1C(=O)O. The van der Waals surface area contributed by atoms with E-state index in [0.717, 1.165) is 18.4 Å². The zero-order valence-corrected chi connectivity index (χ0v) is 10.3. The van der Waals surface area contributed by atoms with Crippen molar-refractivity contribution in [3.8, 4) is 5.75 Å². The van der Waals surface area contributed by atoms with E-state index in [1.54, 1.807) is 0 Å². The van der Waals surface area contributed by atoms with E-state index in [2.05, 4.69) is 4.18 Å². The van der Waals surface area contributed by atoms with Crippen molar-refractivity contribution >= 4 is 22.1 Å². The Balaban J connectivity index is 3.51. The molecule has 1 aromatic rings.